The van der Waals surface area contributed by atoms with Gasteiger partial charge in [-0.3, -0.25) is 34.7 Å². The van der Waals surface area contributed by atoms with Crippen LogP contribution in [0.3, 0.4) is 0 Å². The fraction of sp³-hybridized carbons (Fsp3) is 0.0833. The number of carbonyl (C=O) groups is 2. The topological polar surface area (TPSA) is 133 Å². The molecule has 0 spiro atoms. The Kier molecular flexibility index (Phi) is 7.17. The highest BCUT2D eigenvalue weighted by molar-refractivity contribution is 9.10. The van der Waals surface area contributed by atoms with E-state index in [1.165, 1.54) is 12.1 Å². The first-order valence-corrected chi connectivity index (χ1v) is 11.9. The van der Waals surface area contributed by atoms with Crippen molar-refractivity contribution >= 4 is 56.3 Å². The lowest BCUT2D eigenvalue weighted by Gasteiger charge is -2.13. The fourth-order valence-corrected chi connectivity index (χ4v) is 4.55. The number of imide groups is 1. The van der Waals surface area contributed by atoms with Crippen molar-refractivity contribution in [3.05, 3.63) is 107 Å². The van der Waals surface area contributed by atoms with Gasteiger partial charge < -0.3 is 4.74 Å². The summed E-state index contributed by atoms with van der Waals surface area (Å²) in [7, 11) is 0. The molecular formula is C24H16BrN3O7S. The summed E-state index contributed by atoms with van der Waals surface area (Å²) in [5.74, 6) is -0.534. The number of ether oxygens (including phenoxy) is 1. The molecule has 0 saturated carbocycles. The van der Waals surface area contributed by atoms with E-state index in [9.17, 15) is 29.8 Å². The number of aryl methyl sites for hydroxylation is 1. The minimum Gasteiger partial charge on any atom is -0.449 e. The van der Waals surface area contributed by atoms with Gasteiger partial charge in [0.2, 0.25) is 5.75 Å². The number of rotatable bonds is 7. The number of thioether (sulfide) groups is 1. The molecule has 0 aliphatic carbocycles. The van der Waals surface area contributed by atoms with E-state index in [2.05, 4.69) is 15.9 Å². The number of hydrogen-bond acceptors (Lipinski definition) is 8. The largest absolute Gasteiger partial charge is 0.449 e. The second kappa shape index (κ2) is 10.3. The highest BCUT2D eigenvalue weighted by Gasteiger charge is 2.35. The van der Waals surface area contributed by atoms with Crippen molar-refractivity contribution in [2.24, 2.45) is 0 Å². The number of halogens is 1. The van der Waals surface area contributed by atoms with Gasteiger partial charge in [0, 0.05) is 16.1 Å². The first-order valence-electron chi connectivity index (χ1n) is 10.3. The van der Waals surface area contributed by atoms with Gasteiger partial charge in [-0.25, -0.2) is 0 Å². The second-order valence-corrected chi connectivity index (χ2v) is 9.61. The summed E-state index contributed by atoms with van der Waals surface area (Å²) < 4.78 is 6.39. The number of nitro benzene ring substituents is 2. The van der Waals surface area contributed by atoms with Crippen LogP contribution in [-0.4, -0.2) is 25.9 Å². The maximum atomic E-state index is 13.0. The summed E-state index contributed by atoms with van der Waals surface area (Å²) >= 11 is 4.12. The predicted molar refractivity (Wildman–Crippen MR) is 137 cm³/mol. The number of non-ortho nitro benzene ring substituents is 1. The SMILES string of the molecule is Cc1ccc(CN2C(=O)S/C(=C\c3cc(Br)ccc3Oc3ccc([N+](=O)[O-])cc3[N+](=O)[O-])C2=O)cc1. The third kappa shape index (κ3) is 5.44. The van der Waals surface area contributed by atoms with Crippen LogP contribution in [0.15, 0.2) is 70.0 Å². The highest BCUT2D eigenvalue weighted by Crippen LogP contribution is 2.39. The molecule has 10 nitrogen and oxygen atoms in total. The number of hydrogen-bond donors (Lipinski definition) is 0. The lowest BCUT2D eigenvalue weighted by Crippen LogP contribution is -2.27. The van der Waals surface area contributed by atoms with E-state index in [1.807, 2.05) is 31.2 Å². The maximum Gasteiger partial charge on any atom is 0.318 e. The van der Waals surface area contributed by atoms with Crippen molar-refractivity contribution in [2.45, 2.75) is 13.5 Å². The molecule has 1 saturated heterocycles. The molecule has 1 aliphatic rings. The van der Waals surface area contributed by atoms with Crippen molar-refractivity contribution in [3.63, 3.8) is 0 Å². The van der Waals surface area contributed by atoms with E-state index in [1.54, 1.807) is 12.1 Å². The Hall–Kier alpha value is -4.03. The van der Waals surface area contributed by atoms with E-state index < -0.39 is 32.4 Å². The summed E-state index contributed by atoms with van der Waals surface area (Å²) in [6.07, 6.45) is 1.47. The summed E-state index contributed by atoms with van der Waals surface area (Å²) in [4.78, 5) is 47.8. The van der Waals surface area contributed by atoms with Crippen LogP contribution in [0.1, 0.15) is 16.7 Å². The number of nitrogens with zero attached hydrogens (tertiary/aromatic N) is 3. The number of benzene rings is 3. The Balaban J connectivity index is 1.65. The Morgan fingerprint density at radius 3 is 2.33 bits per heavy atom. The van der Waals surface area contributed by atoms with E-state index >= 15 is 0 Å². The summed E-state index contributed by atoms with van der Waals surface area (Å²) in [5.41, 5.74) is 1.20. The van der Waals surface area contributed by atoms with Crippen LogP contribution < -0.4 is 4.74 Å². The molecule has 0 atom stereocenters. The molecule has 0 unspecified atom stereocenters. The van der Waals surface area contributed by atoms with Crippen molar-refractivity contribution < 1.29 is 24.2 Å². The van der Waals surface area contributed by atoms with Crippen LogP contribution in [0.4, 0.5) is 16.2 Å². The third-order valence-electron chi connectivity index (χ3n) is 5.16. The monoisotopic (exact) mass is 569 g/mol. The van der Waals surface area contributed by atoms with E-state index in [0.717, 1.165) is 46.0 Å². The smallest absolute Gasteiger partial charge is 0.318 e. The number of carbonyl (C=O) groups excluding carboxylic acids is 2. The molecule has 0 bridgehead atoms. The van der Waals surface area contributed by atoms with Crippen molar-refractivity contribution in [2.75, 3.05) is 0 Å². The molecule has 0 N–H and O–H groups in total. The molecule has 4 rings (SSSR count). The predicted octanol–water partition coefficient (Wildman–Crippen LogP) is 6.60. The first-order chi connectivity index (χ1) is 17.1. The zero-order chi connectivity index (χ0) is 26.0. The molecule has 1 heterocycles. The summed E-state index contributed by atoms with van der Waals surface area (Å²) in [6, 6.07) is 15.3. The lowest BCUT2D eigenvalue weighted by atomic mass is 10.1. The minimum absolute atomic E-state index is 0.124. The van der Waals surface area contributed by atoms with Gasteiger partial charge in [0.05, 0.1) is 27.4 Å². The normalized spacial score (nSPS) is 14.4. The van der Waals surface area contributed by atoms with Crippen LogP contribution in [-0.2, 0) is 11.3 Å². The van der Waals surface area contributed by atoms with Gasteiger partial charge >= 0.3 is 5.69 Å². The van der Waals surface area contributed by atoms with Crippen LogP contribution >= 0.6 is 27.7 Å². The zero-order valence-corrected chi connectivity index (χ0v) is 20.9. The standard InChI is InChI=1S/C24H16BrN3O7S/c1-14-2-4-15(5-3-14)13-26-23(29)22(36-24(26)30)11-16-10-17(25)6-8-20(16)35-21-9-7-18(27(31)32)12-19(21)28(33)34/h2-12H,13H2,1H3/b22-11-. The third-order valence-corrected chi connectivity index (χ3v) is 6.56. The fourth-order valence-electron chi connectivity index (χ4n) is 3.35. The zero-order valence-electron chi connectivity index (χ0n) is 18.5. The Morgan fingerprint density at radius 1 is 0.972 bits per heavy atom. The van der Waals surface area contributed by atoms with Gasteiger partial charge in [-0.15, -0.1) is 0 Å². The van der Waals surface area contributed by atoms with E-state index in [0.29, 0.717) is 10.0 Å². The average molecular weight is 570 g/mol. The van der Waals surface area contributed by atoms with Gasteiger partial charge in [-0.1, -0.05) is 45.8 Å². The number of nitro groups is 2. The van der Waals surface area contributed by atoms with Gasteiger partial charge in [0.1, 0.15) is 5.75 Å². The van der Waals surface area contributed by atoms with Crippen molar-refractivity contribution in [3.8, 4) is 11.5 Å². The van der Waals surface area contributed by atoms with E-state index in [4.69, 9.17) is 4.74 Å². The first kappa shape index (κ1) is 25.1. The summed E-state index contributed by atoms with van der Waals surface area (Å²) in [6.45, 7) is 2.06. The molecule has 0 radical (unpaired) electrons. The van der Waals surface area contributed by atoms with Crippen LogP contribution in [0.25, 0.3) is 6.08 Å². The van der Waals surface area contributed by atoms with Gasteiger partial charge in [0.15, 0.2) is 0 Å². The molecule has 3 aromatic carbocycles. The maximum absolute atomic E-state index is 13.0. The quantitative estimate of drug-likeness (QED) is 0.176. The average Bonchev–Trinajstić information content (AvgIpc) is 3.09. The van der Waals surface area contributed by atoms with Crippen LogP contribution in [0.5, 0.6) is 11.5 Å². The molecule has 36 heavy (non-hydrogen) atoms. The minimum atomic E-state index is -0.780. The van der Waals surface area contributed by atoms with Crippen LogP contribution in [0, 0.1) is 27.2 Å². The van der Waals surface area contributed by atoms with Gasteiger partial charge in [-0.05, 0) is 54.6 Å². The number of amides is 2. The lowest BCUT2D eigenvalue weighted by molar-refractivity contribution is -0.394. The Morgan fingerprint density at radius 2 is 1.67 bits per heavy atom. The Bertz CT molecular complexity index is 1440. The molecule has 12 heteroatoms. The van der Waals surface area contributed by atoms with Crippen molar-refractivity contribution in [1.82, 2.24) is 4.90 Å². The second-order valence-electron chi connectivity index (χ2n) is 7.70. The van der Waals surface area contributed by atoms with E-state index in [-0.39, 0.29) is 22.9 Å². The molecule has 2 amide bonds. The molecular weight excluding hydrogens is 554 g/mol. The highest BCUT2D eigenvalue weighted by atomic mass is 79.9. The molecule has 1 aliphatic heterocycles. The van der Waals surface area contributed by atoms with Gasteiger partial charge in [-0.2, -0.15) is 0 Å². The Labute approximate surface area is 217 Å². The van der Waals surface area contributed by atoms with Gasteiger partial charge in [0.25, 0.3) is 16.8 Å². The molecule has 182 valence electrons. The van der Waals surface area contributed by atoms with Crippen molar-refractivity contribution in [1.29, 1.82) is 0 Å². The molecule has 1 fully saturated rings. The molecule has 0 aromatic heterocycles. The summed E-state index contributed by atoms with van der Waals surface area (Å²) in [5, 5.41) is 22.1. The molecule has 3 aromatic rings. The van der Waals surface area contributed by atoms with Crippen LogP contribution in [0.2, 0.25) is 0 Å².